The second-order valence-electron chi connectivity index (χ2n) is 6.55. The zero-order chi connectivity index (χ0) is 17.2. The summed E-state index contributed by atoms with van der Waals surface area (Å²) in [7, 11) is 0. The van der Waals surface area contributed by atoms with Gasteiger partial charge in [-0.1, -0.05) is 0 Å². The summed E-state index contributed by atoms with van der Waals surface area (Å²) in [5, 5.41) is 0. The van der Waals surface area contributed by atoms with E-state index in [1.807, 2.05) is 20.8 Å². The fourth-order valence-corrected chi connectivity index (χ4v) is 3.11. The highest BCUT2D eigenvalue weighted by Crippen LogP contribution is 2.29. The summed E-state index contributed by atoms with van der Waals surface area (Å²) < 4.78 is 5.43. The molecule has 1 saturated heterocycles. The Morgan fingerprint density at radius 3 is 2.50 bits per heavy atom. The van der Waals surface area contributed by atoms with E-state index in [1.165, 1.54) is 0 Å². The molecule has 2 aromatic rings. The van der Waals surface area contributed by atoms with Crippen LogP contribution in [0, 0.1) is 0 Å². The van der Waals surface area contributed by atoms with Crippen LogP contribution in [0.25, 0.3) is 10.6 Å². The third-order valence-electron chi connectivity index (χ3n) is 3.58. The number of amides is 1. The highest BCUT2D eigenvalue weighted by Gasteiger charge is 2.27. The number of nitrogens with zero attached hydrogens (tertiary/aromatic N) is 5. The molecule has 24 heavy (non-hydrogen) atoms. The number of ether oxygens (including phenoxy) is 1. The molecule has 3 heterocycles. The van der Waals surface area contributed by atoms with Gasteiger partial charge in [0.15, 0.2) is 5.82 Å². The van der Waals surface area contributed by atoms with Gasteiger partial charge in [0.1, 0.15) is 11.3 Å². The van der Waals surface area contributed by atoms with Gasteiger partial charge in [0.2, 0.25) is 0 Å². The molecular weight excluding hydrogens is 326 g/mol. The summed E-state index contributed by atoms with van der Waals surface area (Å²) in [4.78, 5) is 30.1. The van der Waals surface area contributed by atoms with Crippen LogP contribution in [0.3, 0.4) is 0 Å². The van der Waals surface area contributed by atoms with Gasteiger partial charge in [-0.2, -0.15) is 0 Å². The van der Waals surface area contributed by atoms with Crippen molar-refractivity contribution in [2.45, 2.75) is 26.4 Å². The van der Waals surface area contributed by atoms with Gasteiger partial charge in [-0.05, 0) is 20.8 Å². The Balaban J connectivity index is 1.69. The number of carbonyl (C=O) groups excluding carboxylic acids is 1. The summed E-state index contributed by atoms with van der Waals surface area (Å²) in [6, 6.07) is 0. The van der Waals surface area contributed by atoms with Crippen molar-refractivity contribution in [2.75, 3.05) is 31.1 Å². The molecule has 0 bridgehead atoms. The number of aromatic nitrogens is 3. The Morgan fingerprint density at radius 1 is 1.17 bits per heavy atom. The van der Waals surface area contributed by atoms with Gasteiger partial charge in [0.05, 0.1) is 10.4 Å². The average Bonchev–Trinajstić information content (AvgIpc) is 3.08. The molecule has 0 saturated carbocycles. The van der Waals surface area contributed by atoms with Gasteiger partial charge >= 0.3 is 6.09 Å². The Kier molecular flexibility index (Phi) is 4.66. The summed E-state index contributed by atoms with van der Waals surface area (Å²) in [5.41, 5.74) is 2.15. The Labute approximate surface area is 145 Å². The molecule has 7 nitrogen and oxygen atoms in total. The minimum absolute atomic E-state index is 0.260. The van der Waals surface area contributed by atoms with E-state index < -0.39 is 5.60 Å². The molecule has 3 rings (SSSR count). The van der Waals surface area contributed by atoms with E-state index in [1.54, 1.807) is 40.3 Å². The smallest absolute Gasteiger partial charge is 0.410 e. The molecule has 0 spiro atoms. The number of hydrogen-bond donors (Lipinski definition) is 0. The van der Waals surface area contributed by atoms with E-state index in [-0.39, 0.29) is 6.09 Å². The molecule has 1 aliphatic rings. The van der Waals surface area contributed by atoms with Crippen LogP contribution in [0.15, 0.2) is 24.1 Å². The highest BCUT2D eigenvalue weighted by atomic mass is 32.1. The van der Waals surface area contributed by atoms with Crippen molar-refractivity contribution in [3.8, 4) is 10.6 Å². The SMILES string of the molecule is CC(C)(C)OC(=O)N1CCN(c2nccnc2-c2cncs2)CC1. The molecule has 0 aromatic carbocycles. The first-order valence-corrected chi connectivity index (χ1v) is 8.75. The molecule has 1 fully saturated rings. The first kappa shape index (κ1) is 16.6. The zero-order valence-electron chi connectivity index (χ0n) is 14.1. The highest BCUT2D eigenvalue weighted by molar-refractivity contribution is 7.13. The molecule has 2 aromatic heterocycles. The molecule has 128 valence electrons. The van der Waals surface area contributed by atoms with Crippen molar-refractivity contribution in [2.24, 2.45) is 0 Å². The van der Waals surface area contributed by atoms with E-state index in [0.29, 0.717) is 26.2 Å². The number of rotatable bonds is 2. The Morgan fingerprint density at radius 2 is 1.88 bits per heavy atom. The van der Waals surface area contributed by atoms with Gasteiger partial charge in [0.25, 0.3) is 0 Å². The van der Waals surface area contributed by atoms with Gasteiger partial charge in [0, 0.05) is 44.8 Å². The third kappa shape index (κ3) is 3.81. The normalized spacial score (nSPS) is 15.5. The molecular formula is C16H21N5O2S. The van der Waals surface area contributed by atoms with Crippen molar-refractivity contribution in [3.05, 3.63) is 24.1 Å². The molecule has 1 aliphatic heterocycles. The van der Waals surface area contributed by atoms with Gasteiger partial charge in [-0.15, -0.1) is 11.3 Å². The van der Waals surface area contributed by atoms with Crippen LogP contribution in [0.5, 0.6) is 0 Å². The van der Waals surface area contributed by atoms with Gasteiger partial charge in [-0.3, -0.25) is 4.98 Å². The quantitative estimate of drug-likeness (QED) is 0.832. The lowest BCUT2D eigenvalue weighted by Crippen LogP contribution is -2.50. The number of carbonyl (C=O) groups is 1. The monoisotopic (exact) mass is 347 g/mol. The van der Waals surface area contributed by atoms with Crippen LogP contribution in [-0.2, 0) is 4.74 Å². The van der Waals surface area contributed by atoms with Crippen LogP contribution in [0.2, 0.25) is 0 Å². The molecule has 8 heteroatoms. The summed E-state index contributed by atoms with van der Waals surface area (Å²) >= 11 is 1.54. The van der Waals surface area contributed by atoms with Crippen molar-refractivity contribution in [1.29, 1.82) is 0 Å². The first-order chi connectivity index (χ1) is 11.4. The van der Waals surface area contributed by atoms with Crippen LogP contribution in [0.4, 0.5) is 10.6 Å². The van der Waals surface area contributed by atoms with Crippen LogP contribution in [-0.4, -0.2) is 57.7 Å². The minimum Gasteiger partial charge on any atom is -0.444 e. The number of piperazine rings is 1. The van der Waals surface area contributed by atoms with E-state index in [0.717, 1.165) is 16.4 Å². The topological polar surface area (TPSA) is 71.5 Å². The molecule has 1 amide bonds. The first-order valence-electron chi connectivity index (χ1n) is 7.87. The Hall–Kier alpha value is -2.22. The maximum Gasteiger partial charge on any atom is 0.410 e. The fourth-order valence-electron chi connectivity index (χ4n) is 2.50. The predicted molar refractivity (Wildman–Crippen MR) is 93.2 cm³/mol. The van der Waals surface area contributed by atoms with E-state index in [9.17, 15) is 4.79 Å². The van der Waals surface area contributed by atoms with Crippen LogP contribution < -0.4 is 4.90 Å². The van der Waals surface area contributed by atoms with E-state index in [4.69, 9.17) is 4.74 Å². The largest absolute Gasteiger partial charge is 0.444 e. The van der Waals surface area contributed by atoms with Gasteiger partial charge < -0.3 is 14.5 Å². The van der Waals surface area contributed by atoms with E-state index in [2.05, 4.69) is 19.9 Å². The van der Waals surface area contributed by atoms with Gasteiger partial charge in [-0.25, -0.2) is 14.8 Å². The summed E-state index contributed by atoms with van der Waals surface area (Å²) in [6.07, 6.45) is 4.93. The minimum atomic E-state index is -0.474. The van der Waals surface area contributed by atoms with Crippen molar-refractivity contribution >= 4 is 23.2 Å². The summed E-state index contributed by atoms with van der Waals surface area (Å²) in [6.45, 7) is 8.24. The molecule has 0 aliphatic carbocycles. The molecule has 0 unspecified atom stereocenters. The Bertz CT molecular complexity index is 691. The number of thiazole rings is 1. The predicted octanol–water partition coefficient (Wildman–Crippen LogP) is 2.66. The third-order valence-corrected chi connectivity index (χ3v) is 4.36. The standard InChI is InChI=1S/C16H21N5O2S/c1-16(2,3)23-15(22)21-8-6-20(7-9-21)14-13(18-4-5-19-14)12-10-17-11-24-12/h4-5,10-11H,6-9H2,1-3H3. The van der Waals surface area contributed by atoms with Crippen LogP contribution >= 0.6 is 11.3 Å². The lowest BCUT2D eigenvalue weighted by molar-refractivity contribution is 0.0240. The fraction of sp³-hybridized carbons (Fsp3) is 0.500. The maximum absolute atomic E-state index is 12.2. The second kappa shape index (κ2) is 6.72. The number of hydrogen-bond acceptors (Lipinski definition) is 7. The summed E-state index contributed by atoms with van der Waals surface area (Å²) in [5.74, 6) is 0.839. The molecule has 0 N–H and O–H groups in total. The zero-order valence-corrected chi connectivity index (χ0v) is 14.9. The van der Waals surface area contributed by atoms with Crippen molar-refractivity contribution < 1.29 is 9.53 Å². The van der Waals surface area contributed by atoms with Crippen molar-refractivity contribution in [3.63, 3.8) is 0 Å². The number of anilines is 1. The lowest BCUT2D eigenvalue weighted by atomic mass is 10.2. The maximum atomic E-state index is 12.2. The van der Waals surface area contributed by atoms with E-state index >= 15 is 0 Å². The lowest BCUT2D eigenvalue weighted by Gasteiger charge is -2.36. The second-order valence-corrected chi connectivity index (χ2v) is 7.44. The van der Waals surface area contributed by atoms with Crippen LogP contribution in [0.1, 0.15) is 20.8 Å². The molecule has 0 atom stereocenters. The van der Waals surface area contributed by atoms with Crippen molar-refractivity contribution in [1.82, 2.24) is 19.9 Å². The average molecular weight is 347 g/mol. The molecule has 0 radical (unpaired) electrons.